The third kappa shape index (κ3) is 3.23. The minimum atomic E-state index is 0.403. The maximum atomic E-state index is 8.89. The van der Waals surface area contributed by atoms with Crippen molar-refractivity contribution in [1.82, 2.24) is 4.90 Å². The van der Waals surface area contributed by atoms with Gasteiger partial charge in [-0.15, -0.1) is 0 Å². The molecule has 0 saturated carbocycles. The van der Waals surface area contributed by atoms with Crippen LogP contribution in [0.15, 0.2) is 24.3 Å². The SMILES string of the molecule is CCC(CC#N)N1CCN(c2ccccc2OC)CC1. The lowest BCUT2D eigenvalue weighted by molar-refractivity contribution is 0.182. The smallest absolute Gasteiger partial charge is 0.142 e. The van der Waals surface area contributed by atoms with Gasteiger partial charge in [-0.2, -0.15) is 5.26 Å². The Morgan fingerprint density at radius 3 is 2.55 bits per heavy atom. The topological polar surface area (TPSA) is 39.5 Å². The van der Waals surface area contributed by atoms with E-state index in [1.165, 1.54) is 5.69 Å². The molecular formula is C16H23N3O. The summed E-state index contributed by atoms with van der Waals surface area (Å²) in [5.41, 5.74) is 1.17. The van der Waals surface area contributed by atoms with Crippen LogP contribution < -0.4 is 9.64 Å². The fourth-order valence-electron chi connectivity index (χ4n) is 2.86. The van der Waals surface area contributed by atoms with Gasteiger partial charge in [-0.25, -0.2) is 0 Å². The number of para-hydroxylation sites is 2. The van der Waals surface area contributed by atoms with Gasteiger partial charge < -0.3 is 9.64 Å². The van der Waals surface area contributed by atoms with Gasteiger partial charge in [-0.3, -0.25) is 4.90 Å². The Labute approximate surface area is 121 Å². The van der Waals surface area contributed by atoms with Crippen LogP contribution in [0, 0.1) is 11.3 Å². The van der Waals surface area contributed by atoms with Crippen molar-refractivity contribution in [1.29, 1.82) is 5.26 Å². The van der Waals surface area contributed by atoms with Gasteiger partial charge >= 0.3 is 0 Å². The Morgan fingerprint density at radius 1 is 1.25 bits per heavy atom. The molecule has 0 amide bonds. The van der Waals surface area contributed by atoms with Crippen molar-refractivity contribution >= 4 is 5.69 Å². The number of ether oxygens (including phenoxy) is 1. The summed E-state index contributed by atoms with van der Waals surface area (Å²) < 4.78 is 5.43. The third-order valence-corrected chi connectivity index (χ3v) is 4.05. The summed E-state index contributed by atoms with van der Waals surface area (Å²) in [5, 5.41) is 8.89. The molecule has 1 aliphatic rings. The second-order valence-electron chi connectivity index (χ2n) is 5.12. The molecule has 0 bridgehead atoms. The van der Waals surface area contributed by atoms with Crippen molar-refractivity contribution in [3.8, 4) is 11.8 Å². The molecule has 108 valence electrons. The van der Waals surface area contributed by atoms with Crippen molar-refractivity contribution in [2.75, 3.05) is 38.2 Å². The maximum absolute atomic E-state index is 8.89. The molecular weight excluding hydrogens is 250 g/mol. The number of methoxy groups -OCH3 is 1. The normalized spacial score (nSPS) is 17.6. The first-order valence-corrected chi connectivity index (χ1v) is 7.29. The monoisotopic (exact) mass is 273 g/mol. The van der Waals surface area contributed by atoms with Crippen LogP contribution in [-0.4, -0.2) is 44.2 Å². The molecule has 1 aromatic carbocycles. The lowest BCUT2D eigenvalue weighted by Gasteiger charge is -2.39. The number of piperazine rings is 1. The zero-order valence-electron chi connectivity index (χ0n) is 12.4. The lowest BCUT2D eigenvalue weighted by atomic mass is 10.1. The van der Waals surface area contributed by atoms with Gasteiger partial charge in [0.15, 0.2) is 0 Å². The standard InChI is InChI=1S/C16H23N3O/c1-3-14(8-9-17)18-10-12-19(13-11-18)15-6-4-5-7-16(15)20-2/h4-7,14H,3,8,10-13H2,1-2H3. The van der Waals surface area contributed by atoms with Gasteiger partial charge in [0.1, 0.15) is 5.75 Å². The van der Waals surface area contributed by atoms with Crippen LogP contribution in [-0.2, 0) is 0 Å². The van der Waals surface area contributed by atoms with Gasteiger partial charge in [0.05, 0.1) is 25.3 Å². The summed E-state index contributed by atoms with van der Waals surface area (Å²) in [6.07, 6.45) is 1.67. The molecule has 1 saturated heterocycles. The highest BCUT2D eigenvalue weighted by molar-refractivity contribution is 5.58. The molecule has 0 spiro atoms. The molecule has 1 heterocycles. The Kier molecular flexibility index (Phi) is 5.25. The van der Waals surface area contributed by atoms with Crippen molar-refractivity contribution in [2.24, 2.45) is 0 Å². The van der Waals surface area contributed by atoms with Crippen molar-refractivity contribution in [3.05, 3.63) is 24.3 Å². The van der Waals surface area contributed by atoms with Gasteiger partial charge in [-0.05, 0) is 18.6 Å². The van der Waals surface area contributed by atoms with Gasteiger partial charge in [0.2, 0.25) is 0 Å². The van der Waals surface area contributed by atoms with E-state index in [1.807, 2.05) is 12.1 Å². The Balaban J connectivity index is 1.99. The first-order chi connectivity index (χ1) is 9.80. The summed E-state index contributed by atoms with van der Waals surface area (Å²) in [5.74, 6) is 0.935. The average molecular weight is 273 g/mol. The number of hydrogen-bond acceptors (Lipinski definition) is 4. The fourth-order valence-corrected chi connectivity index (χ4v) is 2.86. The minimum absolute atomic E-state index is 0.403. The molecule has 1 aliphatic heterocycles. The number of hydrogen-bond donors (Lipinski definition) is 0. The van der Waals surface area contributed by atoms with E-state index >= 15 is 0 Å². The quantitative estimate of drug-likeness (QED) is 0.826. The molecule has 2 rings (SSSR count). The van der Waals surface area contributed by atoms with E-state index in [0.717, 1.165) is 38.3 Å². The molecule has 20 heavy (non-hydrogen) atoms. The van der Waals surface area contributed by atoms with Gasteiger partial charge in [0, 0.05) is 32.2 Å². The van der Waals surface area contributed by atoms with Gasteiger partial charge in [0.25, 0.3) is 0 Å². The van der Waals surface area contributed by atoms with E-state index in [9.17, 15) is 0 Å². The molecule has 1 fully saturated rings. The van der Waals surface area contributed by atoms with E-state index in [0.29, 0.717) is 12.5 Å². The number of nitriles is 1. The summed E-state index contributed by atoms with van der Waals surface area (Å²) in [7, 11) is 1.72. The molecule has 0 aliphatic carbocycles. The zero-order valence-corrected chi connectivity index (χ0v) is 12.4. The predicted molar refractivity (Wildman–Crippen MR) is 81.1 cm³/mol. The summed E-state index contributed by atoms with van der Waals surface area (Å²) in [6.45, 7) is 6.16. The lowest BCUT2D eigenvalue weighted by Crippen LogP contribution is -2.50. The van der Waals surface area contributed by atoms with Crippen LogP contribution in [0.2, 0.25) is 0 Å². The Bertz CT molecular complexity index is 461. The van der Waals surface area contributed by atoms with Gasteiger partial charge in [-0.1, -0.05) is 19.1 Å². The number of rotatable bonds is 5. The van der Waals surface area contributed by atoms with E-state index < -0.39 is 0 Å². The Morgan fingerprint density at radius 2 is 1.95 bits per heavy atom. The fraction of sp³-hybridized carbons (Fsp3) is 0.562. The van der Waals surface area contributed by atoms with E-state index in [4.69, 9.17) is 10.00 Å². The zero-order chi connectivity index (χ0) is 14.4. The number of anilines is 1. The van der Waals surface area contributed by atoms with Crippen LogP contribution in [0.1, 0.15) is 19.8 Å². The minimum Gasteiger partial charge on any atom is -0.495 e. The maximum Gasteiger partial charge on any atom is 0.142 e. The first kappa shape index (κ1) is 14.7. The largest absolute Gasteiger partial charge is 0.495 e. The molecule has 0 aromatic heterocycles. The highest BCUT2D eigenvalue weighted by atomic mass is 16.5. The molecule has 1 aromatic rings. The van der Waals surface area contributed by atoms with Crippen LogP contribution in [0.5, 0.6) is 5.75 Å². The molecule has 0 N–H and O–H groups in total. The summed E-state index contributed by atoms with van der Waals surface area (Å²) in [6, 6.07) is 10.9. The van der Waals surface area contributed by atoms with Crippen LogP contribution in [0.25, 0.3) is 0 Å². The summed E-state index contributed by atoms with van der Waals surface area (Å²) in [4.78, 5) is 4.81. The molecule has 4 nitrogen and oxygen atoms in total. The average Bonchev–Trinajstić information content (AvgIpc) is 2.53. The van der Waals surface area contributed by atoms with Crippen LogP contribution in [0.3, 0.4) is 0 Å². The predicted octanol–water partition coefficient (Wildman–Crippen LogP) is 2.51. The van der Waals surface area contributed by atoms with Crippen molar-refractivity contribution in [2.45, 2.75) is 25.8 Å². The number of benzene rings is 1. The Hall–Kier alpha value is -1.73. The molecule has 1 atom stereocenters. The third-order valence-electron chi connectivity index (χ3n) is 4.05. The van der Waals surface area contributed by atoms with E-state index in [-0.39, 0.29) is 0 Å². The van der Waals surface area contributed by atoms with Crippen molar-refractivity contribution < 1.29 is 4.74 Å². The summed E-state index contributed by atoms with van der Waals surface area (Å²) >= 11 is 0. The van der Waals surface area contributed by atoms with Crippen molar-refractivity contribution in [3.63, 3.8) is 0 Å². The van der Waals surface area contributed by atoms with Crippen LogP contribution in [0.4, 0.5) is 5.69 Å². The molecule has 1 unspecified atom stereocenters. The van der Waals surface area contributed by atoms with E-state index in [2.05, 4.69) is 34.9 Å². The highest BCUT2D eigenvalue weighted by Crippen LogP contribution is 2.28. The number of nitrogens with zero attached hydrogens (tertiary/aromatic N) is 3. The molecule has 4 heteroatoms. The van der Waals surface area contributed by atoms with E-state index in [1.54, 1.807) is 7.11 Å². The van der Waals surface area contributed by atoms with Crippen LogP contribution >= 0.6 is 0 Å². The molecule has 0 radical (unpaired) electrons. The first-order valence-electron chi connectivity index (χ1n) is 7.29. The highest BCUT2D eigenvalue weighted by Gasteiger charge is 2.23. The second kappa shape index (κ2) is 7.16. The second-order valence-corrected chi connectivity index (χ2v) is 5.12.